The van der Waals surface area contributed by atoms with E-state index < -0.39 is 5.82 Å². The van der Waals surface area contributed by atoms with Gasteiger partial charge in [-0.25, -0.2) is 4.39 Å². The van der Waals surface area contributed by atoms with E-state index in [1.54, 1.807) is 25.1 Å². The summed E-state index contributed by atoms with van der Waals surface area (Å²) in [6.07, 6.45) is 1.50. The lowest BCUT2D eigenvalue weighted by Gasteiger charge is -2.09. The molecule has 0 fully saturated rings. The molecule has 0 bridgehead atoms. The van der Waals surface area contributed by atoms with Crippen LogP contribution in [-0.4, -0.2) is 10.9 Å². The van der Waals surface area contributed by atoms with Crippen molar-refractivity contribution in [1.82, 2.24) is 4.98 Å². The standard InChI is InChI=1S/C14H12BrFN2O/c1-8-5-11(15)12(16)6-13(8)18-14(19)10-4-3-9(2)17-7-10/h3-7H,1-2H3,(H,18,19). The molecular weight excluding hydrogens is 311 g/mol. The molecule has 19 heavy (non-hydrogen) atoms. The van der Waals surface area contributed by atoms with Gasteiger partial charge in [-0.1, -0.05) is 0 Å². The zero-order chi connectivity index (χ0) is 14.0. The molecule has 0 unspecified atom stereocenters. The van der Waals surface area contributed by atoms with Crippen LogP contribution >= 0.6 is 15.9 Å². The summed E-state index contributed by atoms with van der Waals surface area (Å²) in [6, 6.07) is 6.35. The van der Waals surface area contributed by atoms with Crippen molar-refractivity contribution in [2.45, 2.75) is 13.8 Å². The first-order chi connectivity index (χ1) is 8.97. The normalized spacial score (nSPS) is 10.3. The van der Waals surface area contributed by atoms with E-state index in [0.717, 1.165) is 11.3 Å². The second-order valence-corrected chi connectivity index (χ2v) is 5.08. The molecule has 1 aromatic heterocycles. The third-order valence-electron chi connectivity index (χ3n) is 2.69. The van der Waals surface area contributed by atoms with Crippen LogP contribution in [0.2, 0.25) is 0 Å². The quantitative estimate of drug-likeness (QED) is 0.912. The van der Waals surface area contributed by atoms with Gasteiger partial charge < -0.3 is 5.32 Å². The van der Waals surface area contributed by atoms with E-state index in [2.05, 4.69) is 26.2 Å². The van der Waals surface area contributed by atoms with E-state index in [9.17, 15) is 9.18 Å². The second kappa shape index (κ2) is 5.48. The summed E-state index contributed by atoms with van der Waals surface area (Å²) in [6.45, 7) is 3.64. The summed E-state index contributed by atoms with van der Waals surface area (Å²) in [5.41, 5.74) is 2.50. The van der Waals surface area contributed by atoms with E-state index in [-0.39, 0.29) is 5.91 Å². The zero-order valence-electron chi connectivity index (χ0n) is 10.5. The molecule has 0 spiro atoms. The molecule has 1 amide bonds. The lowest BCUT2D eigenvalue weighted by Crippen LogP contribution is -2.13. The monoisotopic (exact) mass is 322 g/mol. The first-order valence-corrected chi connectivity index (χ1v) is 6.46. The maximum atomic E-state index is 13.5. The van der Waals surface area contributed by atoms with Gasteiger partial charge in [0.15, 0.2) is 0 Å². The van der Waals surface area contributed by atoms with Crippen LogP contribution in [0, 0.1) is 19.7 Å². The van der Waals surface area contributed by atoms with Crippen molar-refractivity contribution in [3.63, 3.8) is 0 Å². The number of hydrogen-bond donors (Lipinski definition) is 1. The SMILES string of the molecule is Cc1ccc(C(=O)Nc2cc(F)c(Br)cc2C)cn1. The molecule has 2 aromatic rings. The number of carbonyl (C=O) groups is 1. The average Bonchev–Trinajstić information content (AvgIpc) is 2.36. The fourth-order valence-corrected chi connectivity index (χ4v) is 2.04. The van der Waals surface area contributed by atoms with Crippen LogP contribution < -0.4 is 5.32 Å². The molecule has 0 atom stereocenters. The molecule has 0 radical (unpaired) electrons. The van der Waals surface area contributed by atoms with Crippen molar-refractivity contribution in [2.75, 3.05) is 5.32 Å². The summed E-state index contributed by atoms with van der Waals surface area (Å²) in [5.74, 6) is -0.722. The van der Waals surface area contributed by atoms with Crippen LogP contribution in [0.5, 0.6) is 0 Å². The maximum Gasteiger partial charge on any atom is 0.257 e. The molecule has 1 N–H and O–H groups in total. The Morgan fingerprint density at radius 2 is 2.05 bits per heavy atom. The highest BCUT2D eigenvalue weighted by Crippen LogP contribution is 2.24. The Balaban J connectivity index is 2.24. The minimum atomic E-state index is -0.414. The van der Waals surface area contributed by atoms with E-state index in [4.69, 9.17) is 0 Å². The number of anilines is 1. The molecule has 98 valence electrons. The van der Waals surface area contributed by atoms with Gasteiger partial charge in [0.2, 0.25) is 0 Å². The van der Waals surface area contributed by atoms with E-state index >= 15 is 0 Å². The predicted octanol–water partition coefficient (Wildman–Crippen LogP) is 3.85. The summed E-state index contributed by atoms with van der Waals surface area (Å²) < 4.78 is 13.8. The van der Waals surface area contributed by atoms with Crippen molar-refractivity contribution in [2.24, 2.45) is 0 Å². The molecule has 0 aliphatic heterocycles. The van der Waals surface area contributed by atoms with Gasteiger partial charge in [0.05, 0.1) is 10.0 Å². The van der Waals surface area contributed by atoms with Crippen LogP contribution in [0.25, 0.3) is 0 Å². The number of rotatable bonds is 2. The fraction of sp³-hybridized carbons (Fsp3) is 0.143. The van der Waals surface area contributed by atoms with Crippen LogP contribution in [-0.2, 0) is 0 Å². The summed E-state index contributed by atoms with van der Waals surface area (Å²) in [5, 5.41) is 2.67. The molecule has 5 heteroatoms. The highest BCUT2D eigenvalue weighted by atomic mass is 79.9. The predicted molar refractivity (Wildman–Crippen MR) is 75.8 cm³/mol. The number of aryl methyl sites for hydroxylation is 2. The molecule has 0 saturated carbocycles. The number of nitrogens with zero attached hydrogens (tertiary/aromatic N) is 1. The third-order valence-corrected chi connectivity index (χ3v) is 3.30. The van der Waals surface area contributed by atoms with Gasteiger partial charge in [0, 0.05) is 17.6 Å². The van der Waals surface area contributed by atoms with Crippen molar-refractivity contribution >= 4 is 27.5 Å². The summed E-state index contributed by atoms with van der Waals surface area (Å²) >= 11 is 3.10. The van der Waals surface area contributed by atoms with E-state index in [1.165, 1.54) is 12.3 Å². The molecular formula is C14H12BrFN2O. The smallest absolute Gasteiger partial charge is 0.257 e. The fourth-order valence-electron chi connectivity index (χ4n) is 1.58. The van der Waals surface area contributed by atoms with Gasteiger partial charge in [-0.05, 0) is 59.6 Å². The second-order valence-electron chi connectivity index (χ2n) is 4.22. The van der Waals surface area contributed by atoms with Crippen LogP contribution in [0.1, 0.15) is 21.6 Å². The van der Waals surface area contributed by atoms with Crippen molar-refractivity contribution in [3.8, 4) is 0 Å². The number of halogens is 2. The minimum Gasteiger partial charge on any atom is -0.322 e. The number of nitrogens with one attached hydrogen (secondary N) is 1. The Bertz CT molecular complexity index is 626. The Labute approximate surface area is 119 Å². The Morgan fingerprint density at radius 1 is 1.32 bits per heavy atom. The number of carbonyl (C=O) groups excluding carboxylic acids is 1. The Kier molecular flexibility index (Phi) is 3.95. The van der Waals surface area contributed by atoms with Gasteiger partial charge in [-0.2, -0.15) is 0 Å². The summed E-state index contributed by atoms with van der Waals surface area (Å²) in [4.78, 5) is 16.0. The maximum absolute atomic E-state index is 13.5. The van der Waals surface area contributed by atoms with Crippen molar-refractivity contribution < 1.29 is 9.18 Å². The average molecular weight is 323 g/mol. The topological polar surface area (TPSA) is 42.0 Å². The number of pyridine rings is 1. The number of hydrogen-bond acceptors (Lipinski definition) is 2. The van der Waals surface area contributed by atoms with Gasteiger partial charge in [0.25, 0.3) is 5.91 Å². The molecule has 0 aliphatic rings. The van der Waals surface area contributed by atoms with Crippen molar-refractivity contribution in [3.05, 3.63) is 57.6 Å². The Morgan fingerprint density at radius 3 is 2.68 bits per heavy atom. The lowest BCUT2D eigenvalue weighted by molar-refractivity contribution is 0.102. The van der Waals surface area contributed by atoms with E-state index in [1.807, 2.05) is 6.92 Å². The first kappa shape index (κ1) is 13.7. The number of benzene rings is 1. The van der Waals surface area contributed by atoms with Crippen LogP contribution in [0.15, 0.2) is 34.9 Å². The largest absolute Gasteiger partial charge is 0.322 e. The molecule has 0 aliphatic carbocycles. The van der Waals surface area contributed by atoms with Gasteiger partial charge >= 0.3 is 0 Å². The van der Waals surface area contributed by atoms with Crippen molar-refractivity contribution in [1.29, 1.82) is 0 Å². The molecule has 1 heterocycles. The molecule has 2 rings (SSSR count). The molecule has 1 aromatic carbocycles. The third kappa shape index (κ3) is 3.17. The Hall–Kier alpha value is -1.75. The minimum absolute atomic E-state index is 0.308. The number of aromatic nitrogens is 1. The van der Waals surface area contributed by atoms with Crippen LogP contribution in [0.3, 0.4) is 0 Å². The zero-order valence-corrected chi connectivity index (χ0v) is 12.1. The van der Waals surface area contributed by atoms with E-state index in [0.29, 0.717) is 15.7 Å². The highest BCUT2D eigenvalue weighted by molar-refractivity contribution is 9.10. The van der Waals surface area contributed by atoms with Crippen LogP contribution in [0.4, 0.5) is 10.1 Å². The molecule has 0 saturated heterocycles. The summed E-state index contributed by atoms with van der Waals surface area (Å²) in [7, 11) is 0. The molecule has 3 nitrogen and oxygen atoms in total. The van der Waals surface area contributed by atoms with Gasteiger partial charge in [-0.3, -0.25) is 9.78 Å². The lowest BCUT2D eigenvalue weighted by atomic mass is 10.2. The highest BCUT2D eigenvalue weighted by Gasteiger charge is 2.10. The van der Waals surface area contributed by atoms with Gasteiger partial charge in [0.1, 0.15) is 5.82 Å². The number of amides is 1. The van der Waals surface area contributed by atoms with Gasteiger partial charge in [-0.15, -0.1) is 0 Å². The first-order valence-electron chi connectivity index (χ1n) is 5.67.